The summed E-state index contributed by atoms with van der Waals surface area (Å²) in [7, 11) is 3.85. The Morgan fingerprint density at radius 3 is 2.48 bits per heavy atom. The van der Waals surface area contributed by atoms with E-state index in [1.165, 1.54) is 12.0 Å². The molecular weight excluding hydrogens is 340 g/mol. The zero-order valence-electron chi connectivity index (χ0n) is 16.0. The maximum atomic E-state index is 13.2. The first-order chi connectivity index (χ1) is 12.9. The summed E-state index contributed by atoms with van der Waals surface area (Å²) in [4.78, 5) is 26.8. The van der Waals surface area contributed by atoms with E-state index in [4.69, 9.17) is 0 Å². The highest BCUT2D eigenvalue weighted by Gasteiger charge is 2.22. The Labute approximate surface area is 157 Å². The minimum atomic E-state index is -0.915. The van der Waals surface area contributed by atoms with Crippen molar-refractivity contribution in [2.75, 3.05) is 19.0 Å². The normalized spacial score (nSPS) is 14.5. The first-order valence-electron chi connectivity index (χ1n) is 9.37. The number of carboxylic acid groups (broad SMARTS) is 1. The van der Waals surface area contributed by atoms with Crippen molar-refractivity contribution in [3.63, 3.8) is 0 Å². The molecule has 27 heavy (non-hydrogen) atoms. The van der Waals surface area contributed by atoms with Gasteiger partial charge in [0.15, 0.2) is 5.43 Å². The fourth-order valence-electron chi connectivity index (χ4n) is 4.23. The third-order valence-corrected chi connectivity index (χ3v) is 5.74. The third-order valence-electron chi connectivity index (χ3n) is 5.74. The van der Waals surface area contributed by atoms with Crippen molar-refractivity contribution in [3.05, 3.63) is 51.7 Å². The third kappa shape index (κ3) is 2.78. The van der Waals surface area contributed by atoms with E-state index < -0.39 is 5.97 Å². The van der Waals surface area contributed by atoms with Crippen LogP contribution in [0.2, 0.25) is 0 Å². The van der Waals surface area contributed by atoms with Crippen LogP contribution < -0.4 is 10.3 Å². The molecule has 1 aliphatic carbocycles. The van der Waals surface area contributed by atoms with Crippen LogP contribution in [0.5, 0.6) is 0 Å². The lowest BCUT2D eigenvalue weighted by Crippen LogP contribution is -2.20. The van der Waals surface area contributed by atoms with Crippen molar-refractivity contribution in [2.45, 2.75) is 38.6 Å². The van der Waals surface area contributed by atoms with E-state index in [1.54, 1.807) is 4.57 Å². The molecule has 0 atom stereocenters. The number of nitrogens with zero attached hydrogens (tertiary/aromatic N) is 2. The van der Waals surface area contributed by atoms with Gasteiger partial charge in [-0.2, -0.15) is 0 Å². The predicted octanol–water partition coefficient (Wildman–Crippen LogP) is 3.88. The predicted molar refractivity (Wildman–Crippen MR) is 109 cm³/mol. The summed E-state index contributed by atoms with van der Waals surface area (Å²) in [6, 6.07) is 9.69. The Morgan fingerprint density at radius 1 is 1.19 bits per heavy atom. The molecule has 140 valence electrons. The molecule has 0 saturated heterocycles. The average molecular weight is 364 g/mol. The molecular formula is C22H24N2O3. The van der Waals surface area contributed by atoms with Gasteiger partial charge in [-0.1, -0.05) is 18.6 Å². The molecule has 0 bridgehead atoms. The number of hydrogen-bond acceptors (Lipinski definition) is 3. The molecule has 1 fully saturated rings. The number of rotatable bonds is 4. The molecule has 4 rings (SSSR count). The summed E-state index contributed by atoms with van der Waals surface area (Å²) in [6.45, 7) is 1.81. The Balaban J connectivity index is 2.17. The molecule has 0 radical (unpaired) electrons. The molecule has 5 nitrogen and oxygen atoms in total. The van der Waals surface area contributed by atoms with Gasteiger partial charge < -0.3 is 14.6 Å². The molecule has 3 aromatic rings. The maximum absolute atomic E-state index is 13.2. The van der Waals surface area contributed by atoms with Crippen LogP contribution in [0.1, 0.15) is 36.3 Å². The van der Waals surface area contributed by atoms with Gasteiger partial charge in [-0.15, -0.1) is 0 Å². The lowest BCUT2D eigenvalue weighted by atomic mass is 9.80. The second kappa shape index (κ2) is 6.41. The number of pyridine rings is 1. The molecule has 0 aliphatic heterocycles. The zero-order chi connectivity index (χ0) is 19.3. The second-order valence-corrected chi connectivity index (χ2v) is 7.74. The van der Waals surface area contributed by atoms with E-state index in [0.29, 0.717) is 27.7 Å². The van der Waals surface area contributed by atoms with E-state index in [9.17, 15) is 14.7 Å². The molecule has 1 saturated carbocycles. The van der Waals surface area contributed by atoms with Crippen molar-refractivity contribution in [3.8, 4) is 0 Å². The summed E-state index contributed by atoms with van der Waals surface area (Å²) < 4.78 is 1.80. The number of carboxylic acids is 1. The first kappa shape index (κ1) is 17.6. The van der Waals surface area contributed by atoms with Gasteiger partial charge in [0.05, 0.1) is 16.7 Å². The Morgan fingerprint density at radius 2 is 1.89 bits per heavy atom. The van der Waals surface area contributed by atoms with Crippen LogP contribution in [0.15, 0.2) is 35.1 Å². The van der Waals surface area contributed by atoms with E-state index in [2.05, 4.69) is 0 Å². The number of carbonyl (C=O) groups is 1. The average Bonchev–Trinajstić information content (AvgIpc) is 2.56. The van der Waals surface area contributed by atoms with Gasteiger partial charge in [-0.05, 0) is 55.0 Å². The van der Waals surface area contributed by atoms with Gasteiger partial charge in [-0.3, -0.25) is 9.59 Å². The van der Waals surface area contributed by atoms with Gasteiger partial charge in [0.25, 0.3) is 0 Å². The monoisotopic (exact) mass is 364 g/mol. The Kier molecular flexibility index (Phi) is 4.17. The topological polar surface area (TPSA) is 62.5 Å². The summed E-state index contributed by atoms with van der Waals surface area (Å²) in [6.07, 6.45) is 3.54. The summed E-state index contributed by atoms with van der Waals surface area (Å²) in [5.41, 5.74) is 4.48. The van der Waals surface area contributed by atoms with E-state index in [0.717, 1.165) is 24.1 Å². The van der Waals surface area contributed by atoms with Crippen molar-refractivity contribution in [2.24, 2.45) is 0 Å². The highest BCUT2D eigenvalue weighted by atomic mass is 16.4. The van der Waals surface area contributed by atoms with Crippen molar-refractivity contribution in [1.82, 2.24) is 4.57 Å². The smallest absolute Gasteiger partial charge is 0.323 e. The van der Waals surface area contributed by atoms with E-state index in [1.807, 2.05) is 56.3 Å². The fourth-order valence-corrected chi connectivity index (χ4v) is 4.23. The number of hydrogen-bond donors (Lipinski definition) is 1. The first-order valence-corrected chi connectivity index (χ1v) is 9.37. The van der Waals surface area contributed by atoms with Gasteiger partial charge >= 0.3 is 5.97 Å². The fraction of sp³-hybridized carbons (Fsp3) is 0.364. The number of benzene rings is 2. The van der Waals surface area contributed by atoms with Crippen LogP contribution in [-0.2, 0) is 11.3 Å². The van der Waals surface area contributed by atoms with Crippen LogP contribution in [0.25, 0.3) is 21.8 Å². The lowest BCUT2D eigenvalue weighted by Gasteiger charge is -2.27. The summed E-state index contributed by atoms with van der Waals surface area (Å²) in [5.74, 6) is -0.397. The molecule has 0 amide bonds. The van der Waals surface area contributed by atoms with Crippen molar-refractivity contribution < 1.29 is 9.90 Å². The van der Waals surface area contributed by atoms with Crippen LogP contribution >= 0.6 is 0 Å². The number of fused-ring (bicyclic) bond motifs is 2. The number of aromatic nitrogens is 1. The number of aryl methyl sites for hydroxylation is 1. The minimum Gasteiger partial charge on any atom is -0.480 e. The largest absolute Gasteiger partial charge is 0.480 e. The Hall–Kier alpha value is -2.82. The SMILES string of the molecule is Cc1ccc2c(=O)c3ccc(C4CCC4)cc3n(CC(=O)O)c2c1N(C)C. The highest BCUT2D eigenvalue weighted by Crippen LogP contribution is 2.38. The maximum Gasteiger partial charge on any atom is 0.323 e. The van der Waals surface area contributed by atoms with Crippen molar-refractivity contribution in [1.29, 1.82) is 0 Å². The van der Waals surface area contributed by atoms with Crippen LogP contribution in [-0.4, -0.2) is 29.7 Å². The van der Waals surface area contributed by atoms with Crippen molar-refractivity contribution >= 4 is 33.5 Å². The quantitative estimate of drug-likeness (QED) is 0.714. The van der Waals surface area contributed by atoms with Crippen LogP contribution in [0, 0.1) is 6.92 Å². The molecule has 0 unspecified atom stereocenters. The second-order valence-electron chi connectivity index (χ2n) is 7.74. The zero-order valence-corrected chi connectivity index (χ0v) is 16.0. The van der Waals surface area contributed by atoms with Gasteiger partial charge in [0, 0.05) is 24.9 Å². The van der Waals surface area contributed by atoms with Gasteiger partial charge in [-0.25, -0.2) is 0 Å². The molecule has 1 heterocycles. The summed E-state index contributed by atoms with van der Waals surface area (Å²) in [5, 5.41) is 10.7. The number of aliphatic carboxylic acids is 1. The van der Waals surface area contributed by atoms with Crippen LogP contribution in [0.3, 0.4) is 0 Å². The van der Waals surface area contributed by atoms with Crippen LogP contribution in [0.4, 0.5) is 5.69 Å². The molecule has 0 spiro atoms. The molecule has 5 heteroatoms. The van der Waals surface area contributed by atoms with E-state index >= 15 is 0 Å². The number of anilines is 1. The van der Waals surface area contributed by atoms with E-state index in [-0.39, 0.29) is 12.0 Å². The molecule has 1 N–H and O–H groups in total. The van der Waals surface area contributed by atoms with Gasteiger partial charge in [0.1, 0.15) is 6.54 Å². The minimum absolute atomic E-state index is 0.0371. The molecule has 1 aliphatic rings. The summed E-state index contributed by atoms with van der Waals surface area (Å²) >= 11 is 0. The highest BCUT2D eigenvalue weighted by molar-refractivity contribution is 6.01. The Bertz CT molecular complexity index is 1120. The van der Waals surface area contributed by atoms with Gasteiger partial charge in [0.2, 0.25) is 0 Å². The molecule has 1 aromatic heterocycles. The lowest BCUT2D eigenvalue weighted by molar-refractivity contribution is -0.137. The standard InChI is InChI=1S/C22H24N2O3/c1-13-7-9-17-21(20(13)23(2)3)24(12-19(25)26)18-11-15(14-5-4-6-14)8-10-16(18)22(17)27/h7-11,14H,4-6,12H2,1-3H3,(H,25,26). The molecule has 2 aromatic carbocycles.